The number of benzene rings is 1. The second-order valence-electron chi connectivity index (χ2n) is 4.37. The largest absolute Gasteiger partial charge is 0.627 e. The van der Waals surface area contributed by atoms with Gasteiger partial charge in [0, 0.05) is 12.8 Å². The molecule has 1 aliphatic carbocycles. The van der Waals surface area contributed by atoms with Crippen LogP contribution < -0.4 is 11.0 Å². The van der Waals surface area contributed by atoms with Gasteiger partial charge in [0.2, 0.25) is 5.72 Å². The summed E-state index contributed by atoms with van der Waals surface area (Å²) in [5, 5.41) is 12.4. The van der Waals surface area contributed by atoms with Crippen LogP contribution in [-0.2, 0) is 4.84 Å². The van der Waals surface area contributed by atoms with Crippen LogP contribution in [0.3, 0.4) is 0 Å². The van der Waals surface area contributed by atoms with Gasteiger partial charge in [0.1, 0.15) is 5.69 Å². The number of hydrogen-bond acceptors (Lipinski definition) is 3. The van der Waals surface area contributed by atoms with Crippen LogP contribution >= 0.6 is 0 Å². The number of hydroxylamine groups is 1. The smallest absolute Gasteiger partial charge is 0.223 e. The lowest BCUT2D eigenvalue weighted by Gasteiger charge is -2.42. The third-order valence-electron chi connectivity index (χ3n) is 3.34. The summed E-state index contributed by atoms with van der Waals surface area (Å²) in [6.07, 6.45) is 4.65. The molecule has 1 saturated carbocycles. The van der Waals surface area contributed by atoms with Gasteiger partial charge in [0.25, 0.3) is 0 Å². The van der Waals surface area contributed by atoms with Gasteiger partial charge in [0.05, 0.1) is 0 Å². The second kappa shape index (κ2) is 4.93. The lowest BCUT2D eigenvalue weighted by atomic mass is 9.91. The van der Waals surface area contributed by atoms with Gasteiger partial charge in [-0.1, -0.05) is 24.6 Å². The van der Waals surface area contributed by atoms with Crippen LogP contribution in [0.25, 0.3) is 0 Å². The van der Waals surface area contributed by atoms with Crippen LogP contribution in [0.4, 0.5) is 5.69 Å². The van der Waals surface area contributed by atoms with E-state index in [4.69, 9.17) is 10.7 Å². The zero-order valence-corrected chi connectivity index (χ0v) is 9.32. The topological polar surface area (TPSA) is 62.8 Å². The molecule has 1 aliphatic rings. The van der Waals surface area contributed by atoms with E-state index < -0.39 is 5.72 Å². The minimum absolute atomic E-state index is 0.0234. The Morgan fingerprint density at radius 1 is 1.12 bits per heavy atom. The molecule has 0 aromatic heterocycles. The Balaban J connectivity index is 2.20. The Hall–Kier alpha value is -0.940. The maximum Gasteiger partial charge on any atom is 0.223 e. The summed E-state index contributed by atoms with van der Waals surface area (Å²) < 4.78 is 0. The predicted octanol–water partition coefficient (Wildman–Crippen LogP) is 1.25. The van der Waals surface area contributed by atoms with E-state index >= 15 is 0 Å². The molecule has 88 valence electrons. The van der Waals surface area contributed by atoms with Crippen LogP contribution in [0.1, 0.15) is 32.1 Å². The Kier molecular flexibility index (Phi) is 3.56. The van der Waals surface area contributed by atoms with Gasteiger partial charge < -0.3 is 10.3 Å². The first-order chi connectivity index (χ1) is 7.78. The summed E-state index contributed by atoms with van der Waals surface area (Å²) in [6.45, 7) is 0. The first kappa shape index (κ1) is 11.5. The summed E-state index contributed by atoms with van der Waals surface area (Å²) in [4.78, 5) is 5.05. The average molecular weight is 222 g/mol. The van der Waals surface area contributed by atoms with Crippen LogP contribution in [0.15, 0.2) is 30.3 Å². The zero-order chi connectivity index (χ0) is 11.4. The number of quaternary nitrogens is 1. The molecule has 2 rings (SSSR count). The molecule has 0 spiro atoms. The standard InChI is InChI=1S/C12H18N2O2/c13-16-12(9-5-2-6-10-12)14(15)11-7-3-1-4-8-11/h1,3-4,7-8,14H,2,5-6,9-10,13H2. The minimum Gasteiger partial charge on any atom is -0.627 e. The number of nitrogens with two attached hydrogens (primary N) is 1. The molecule has 1 atom stereocenters. The average Bonchev–Trinajstić information content (AvgIpc) is 2.39. The predicted molar refractivity (Wildman–Crippen MR) is 61.5 cm³/mol. The molecule has 16 heavy (non-hydrogen) atoms. The molecule has 0 amide bonds. The molecule has 1 unspecified atom stereocenters. The molecule has 1 aromatic rings. The van der Waals surface area contributed by atoms with E-state index in [0.717, 1.165) is 32.1 Å². The Labute approximate surface area is 95.5 Å². The molecule has 4 heteroatoms. The van der Waals surface area contributed by atoms with Crippen molar-refractivity contribution in [1.82, 2.24) is 0 Å². The maximum absolute atomic E-state index is 12.3. The highest BCUT2D eigenvalue weighted by Crippen LogP contribution is 2.26. The fraction of sp³-hybridized carbons (Fsp3) is 0.500. The van der Waals surface area contributed by atoms with Crippen molar-refractivity contribution in [2.75, 3.05) is 0 Å². The number of para-hydroxylation sites is 1. The van der Waals surface area contributed by atoms with E-state index in [1.54, 1.807) is 0 Å². The minimum atomic E-state index is -0.778. The normalized spacial score (nSPS) is 21.6. The number of nitrogens with one attached hydrogen (secondary N) is 1. The third kappa shape index (κ3) is 2.10. The fourth-order valence-corrected chi connectivity index (χ4v) is 2.37. The molecule has 1 fully saturated rings. The molecule has 1 aromatic carbocycles. The summed E-state index contributed by atoms with van der Waals surface area (Å²) in [5.41, 5.74) is -0.0885. The van der Waals surface area contributed by atoms with E-state index in [-0.39, 0.29) is 5.06 Å². The van der Waals surface area contributed by atoms with Gasteiger partial charge in [-0.2, -0.15) is 0 Å². The summed E-state index contributed by atoms with van der Waals surface area (Å²) >= 11 is 0. The Bertz CT molecular complexity index is 323. The van der Waals surface area contributed by atoms with Gasteiger partial charge in [-0.15, -0.1) is 0 Å². The molecule has 0 heterocycles. The van der Waals surface area contributed by atoms with Crippen LogP contribution in [-0.4, -0.2) is 5.72 Å². The highest BCUT2D eigenvalue weighted by atomic mass is 16.7. The van der Waals surface area contributed by atoms with Crippen molar-refractivity contribution in [3.8, 4) is 0 Å². The zero-order valence-electron chi connectivity index (χ0n) is 9.32. The van der Waals surface area contributed by atoms with Crippen molar-refractivity contribution in [2.45, 2.75) is 37.8 Å². The molecule has 0 aliphatic heterocycles. The molecule has 3 N–H and O–H groups in total. The summed E-state index contributed by atoms with van der Waals surface area (Å²) in [6, 6.07) is 9.25. The molecular weight excluding hydrogens is 204 g/mol. The van der Waals surface area contributed by atoms with E-state index in [2.05, 4.69) is 0 Å². The van der Waals surface area contributed by atoms with Gasteiger partial charge in [-0.25, -0.2) is 10.7 Å². The van der Waals surface area contributed by atoms with Crippen molar-refractivity contribution in [1.29, 1.82) is 0 Å². The number of rotatable bonds is 3. The van der Waals surface area contributed by atoms with E-state index in [1.807, 2.05) is 30.3 Å². The third-order valence-corrected chi connectivity index (χ3v) is 3.34. The lowest BCUT2D eigenvalue weighted by molar-refractivity contribution is -0.878. The molecule has 0 saturated heterocycles. The monoisotopic (exact) mass is 222 g/mol. The van der Waals surface area contributed by atoms with Crippen LogP contribution in [0.5, 0.6) is 0 Å². The van der Waals surface area contributed by atoms with Gasteiger partial charge in [-0.05, 0) is 25.0 Å². The lowest BCUT2D eigenvalue weighted by Crippen LogP contribution is -3.13. The van der Waals surface area contributed by atoms with E-state index in [9.17, 15) is 5.21 Å². The molecule has 0 bridgehead atoms. The van der Waals surface area contributed by atoms with Crippen LogP contribution in [0, 0.1) is 5.21 Å². The maximum atomic E-state index is 12.3. The Morgan fingerprint density at radius 2 is 1.75 bits per heavy atom. The summed E-state index contributed by atoms with van der Waals surface area (Å²) in [5.74, 6) is 5.36. The van der Waals surface area contributed by atoms with Crippen molar-refractivity contribution in [3.63, 3.8) is 0 Å². The van der Waals surface area contributed by atoms with Crippen molar-refractivity contribution >= 4 is 5.69 Å². The first-order valence-corrected chi connectivity index (χ1v) is 5.76. The van der Waals surface area contributed by atoms with Gasteiger partial charge in [0.15, 0.2) is 0 Å². The first-order valence-electron chi connectivity index (χ1n) is 5.76. The Morgan fingerprint density at radius 3 is 2.31 bits per heavy atom. The quantitative estimate of drug-likeness (QED) is 0.597. The highest BCUT2D eigenvalue weighted by Gasteiger charge is 2.40. The van der Waals surface area contributed by atoms with E-state index in [1.165, 1.54) is 0 Å². The highest BCUT2D eigenvalue weighted by molar-refractivity contribution is 5.28. The fourth-order valence-electron chi connectivity index (χ4n) is 2.37. The van der Waals surface area contributed by atoms with Crippen molar-refractivity contribution in [3.05, 3.63) is 35.5 Å². The molecular formula is C12H18N2O2. The van der Waals surface area contributed by atoms with Crippen LogP contribution in [0.2, 0.25) is 0 Å². The molecule has 4 nitrogen and oxygen atoms in total. The molecule has 0 radical (unpaired) electrons. The summed E-state index contributed by atoms with van der Waals surface area (Å²) in [7, 11) is 0. The van der Waals surface area contributed by atoms with Crippen molar-refractivity contribution < 1.29 is 9.90 Å². The van der Waals surface area contributed by atoms with Crippen molar-refractivity contribution in [2.24, 2.45) is 5.90 Å². The van der Waals surface area contributed by atoms with E-state index in [0.29, 0.717) is 5.69 Å². The van der Waals surface area contributed by atoms with Gasteiger partial charge >= 0.3 is 0 Å². The second-order valence-corrected chi connectivity index (χ2v) is 4.37. The van der Waals surface area contributed by atoms with Gasteiger partial charge in [-0.3, -0.25) is 0 Å². The number of hydrogen-bond donors (Lipinski definition) is 2. The SMILES string of the molecule is NOC1([NH+]([O-])c2ccccc2)CCCCC1.